The van der Waals surface area contributed by atoms with Crippen LogP contribution in [0.25, 0.3) is 0 Å². The second-order valence-corrected chi connectivity index (χ2v) is 4.39. The maximum atomic E-state index is 3.92. The maximum absolute atomic E-state index is 3.92. The summed E-state index contributed by atoms with van der Waals surface area (Å²) in [5.74, 6) is 1.60. The molecule has 0 aliphatic carbocycles. The number of aromatic nitrogens is 4. The van der Waals surface area contributed by atoms with E-state index < -0.39 is 0 Å². The molecule has 1 heterocycles. The molecule has 0 fully saturated rings. The van der Waals surface area contributed by atoms with Crippen LogP contribution in [0.5, 0.6) is 0 Å². The van der Waals surface area contributed by atoms with Crippen LogP contribution in [0.3, 0.4) is 0 Å². The van der Waals surface area contributed by atoms with Gasteiger partial charge in [-0.1, -0.05) is 44.2 Å². The van der Waals surface area contributed by atoms with Crippen molar-refractivity contribution in [2.75, 3.05) is 0 Å². The van der Waals surface area contributed by atoms with Crippen molar-refractivity contribution in [2.45, 2.75) is 38.5 Å². The maximum Gasteiger partial charge on any atom is 0.0127 e. The van der Waals surface area contributed by atoms with Crippen molar-refractivity contribution in [1.82, 2.24) is 20.6 Å². The Morgan fingerprint density at radius 2 is 1.94 bits per heavy atom. The van der Waals surface area contributed by atoms with E-state index in [-0.39, 0.29) is 19.5 Å². The number of hydrogen-bond donors (Lipinski definition) is 0. The van der Waals surface area contributed by atoms with Gasteiger partial charge in [0.25, 0.3) is 0 Å². The van der Waals surface area contributed by atoms with Gasteiger partial charge in [-0.2, -0.15) is 5.21 Å². The van der Waals surface area contributed by atoms with Crippen LogP contribution in [0.1, 0.15) is 49.9 Å². The molecule has 2 unspecified atom stereocenters. The first-order chi connectivity index (χ1) is 8.31. The smallest absolute Gasteiger partial charge is 0.0127 e. The fourth-order valence-corrected chi connectivity index (χ4v) is 2.14. The van der Waals surface area contributed by atoms with Crippen LogP contribution in [0.15, 0.2) is 30.3 Å². The first-order valence-electron chi connectivity index (χ1n) is 6.04. The Morgan fingerprint density at radius 1 is 1.22 bits per heavy atom. The molecule has 0 radical (unpaired) electrons. The number of tetrazole rings is 1. The zero-order valence-electron chi connectivity index (χ0n) is 11.0. The Labute approximate surface area is 120 Å². The Kier molecular flexibility index (Phi) is 6.13. The third-order valence-electron chi connectivity index (χ3n) is 3.18. The molecule has 0 spiro atoms. The predicted octanol–water partition coefficient (Wildman–Crippen LogP) is 2.51. The molecule has 0 saturated heterocycles. The molecule has 4 nitrogen and oxygen atoms in total. The fraction of sp³-hybridized carbons (Fsp3) is 0.462. The van der Waals surface area contributed by atoms with Crippen LogP contribution < -0.4 is 5.10 Å². The minimum Gasteiger partial charge on any atom is -0.335 e. The van der Waals surface area contributed by atoms with E-state index in [1.165, 1.54) is 5.56 Å². The fourth-order valence-electron chi connectivity index (χ4n) is 2.14. The van der Waals surface area contributed by atoms with E-state index in [4.69, 9.17) is 0 Å². The molecule has 0 amide bonds. The zero-order chi connectivity index (χ0) is 12.1. The standard InChI is InChI=1S/C13H17N4.Zn/c1-3-11(12-7-5-4-6-8-12)9-10(2)13-14-16-17-15-13;/h4-8,10-11H,3,9H2,1-2H3;/q-1;. The van der Waals surface area contributed by atoms with E-state index in [1.54, 1.807) is 0 Å². The van der Waals surface area contributed by atoms with Gasteiger partial charge in [0.1, 0.15) is 0 Å². The van der Waals surface area contributed by atoms with E-state index in [1.807, 2.05) is 6.07 Å². The summed E-state index contributed by atoms with van der Waals surface area (Å²) in [6.07, 6.45) is 2.16. The van der Waals surface area contributed by atoms with E-state index in [9.17, 15) is 0 Å². The molecule has 0 aliphatic heterocycles. The molecule has 0 bridgehead atoms. The Morgan fingerprint density at radius 3 is 2.50 bits per heavy atom. The molecule has 2 atom stereocenters. The normalized spacial score (nSPS) is 13.7. The number of benzene rings is 1. The van der Waals surface area contributed by atoms with Crippen LogP contribution in [0.4, 0.5) is 0 Å². The Balaban J connectivity index is 0.00000162. The van der Waals surface area contributed by atoms with Crippen LogP contribution in [-0.4, -0.2) is 15.5 Å². The molecule has 2 aromatic rings. The molecule has 0 N–H and O–H groups in total. The van der Waals surface area contributed by atoms with E-state index in [0.29, 0.717) is 11.8 Å². The van der Waals surface area contributed by atoms with Gasteiger partial charge in [-0.15, -0.1) is 0 Å². The average Bonchev–Trinajstić information content (AvgIpc) is 2.90. The number of hydrogen-bond acceptors (Lipinski definition) is 3. The zero-order valence-corrected chi connectivity index (χ0v) is 13.9. The summed E-state index contributed by atoms with van der Waals surface area (Å²) < 4.78 is 0. The molecular formula is C13H17N4Zn-. The van der Waals surface area contributed by atoms with Crippen molar-refractivity contribution >= 4 is 0 Å². The average molecular weight is 295 g/mol. The number of nitrogens with zero attached hydrogens (tertiary/aromatic N) is 4. The van der Waals surface area contributed by atoms with Crippen molar-refractivity contribution in [3.05, 3.63) is 41.7 Å². The van der Waals surface area contributed by atoms with Gasteiger partial charge in [0.05, 0.1) is 0 Å². The molecule has 18 heavy (non-hydrogen) atoms. The van der Waals surface area contributed by atoms with Gasteiger partial charge in [-0.05, 0) is 30.2 Å². The van der Waals surface area contributed by atoms with Crippen molar-refractivity contribution in [2.24, 2.45) is 0 Å². The van der Waals surface area contributed by atoms with E-state index in [0.717, 1.165) is 18.7 Å². The SMILES string of the molecule is CCC(CC(C)c1nnn[n-]1)c1ccccc1.[Zn]. The minimum atomic E-state index is 0. The van der Waals surface area contributed by atoms with Crippen LogP contribution in [0.2, 0.25) is 0 Å². The van der Waals surface area contributed by atoms with Gasteiger partial charge < -0.3 is 5.10 Å². The quantitative estimate of drug-likeness (QED) is 0.795. The van der Waals surface area contributed by atoms with Gasteiger partial charge in [-0.3, -0.25) is 10.3 Å². The minimum absolute atomic E-state index is 0. The molecule has 0 saturated carbocycles. The van der Waals surface area contributed by atoms with Gasteiger partial charge in [0.15, 0.2) is 0 Å². The van der Waals surface area contributed by atoms with Gasteiger partial charge in [0.2, 0.25) is 0 Å². The van der Waals surface area contributed by atoms with Crippen LogP contribution >= 0.6 is 0 Å². The molecular weight excluding hydrogens is 278 g/mol. The molecule has 2 rings (SSSR count). The molecule has 1 aromatic heterocycles. The van der Waals surface area contributed by atoms with Crippen molar-refractivity contribution in [3.8, 4) is 0 Å². The number of rotatable bonds is 5. The monoisotopic (exact) mass is 293 g/mol. The second-order valence-electron chi connectivity index (χ2n) is 4.39. The van der Waals surface area contributed by atoms with Gasteiger partial charge in [0, 0.05) is 25.3 Å². The first kappa shape index (κ1) is 15.0. The summed E-state index contributed by atoms with van der Waals surface area (Å²) in [6, 6.07) is 10.6. The van der Waals surface area contributed by atoms with Crippen LogP contribution in [-0.2, 0) is 19.5 Å². The topological polar surface area (TPSA) is 52.8 Å². The summed E-state index contributed by atoms with van der Waals surface area (Å²) in [6.45, 7) is 4.34. The van der Waals surface area contributed by atoms with Crippen molar-refractivity contribution in [3.63, 3.8) is 0 Å². The Hall–Kier alpha value is -1.09. The molecule has 1 aromatic carbocycles. The molecule has 5 heteroatoms. The summed E-state index contributed by atoms with van der Waals surface area (Å²) in [7, 11) is 0. The van der Waals surface area contributed by atoms with Crippen molar-refractivity contribution < 1.29 is 19.5 Å². The first-order valence-corrected chi connectivity index (χ1v) is 6.04. The third kappa shape index (κ3) is 3.71. The Bertz CT molecular complexity index is 430. The van der Waals surface area contributed by atoms with E-state index >= 15 is 0 Å². The second kappa shape index (κ2) is 7.37. The molecule has 0 aliphatic rings. The van der Waals surface area contributed by atoms with E-state index in [2.05, 4.69) is 58.7 Å². The largest absolute Gasteiger partial charge is 0.335 e. The summed E-state index contributed by atoms with van der Waals surface area (Å²) in [5, 5.41) is 14.9. The summed E-state index contributed by atoms with van der Waals surface area (Å²) in [4.78, 5) is 0. The van der Waals surface area contributed by atoms with Gasteiger partial charge in [-0.25, -0.2) is 0 Å². The summed E-state index contributed by atoms with van der Waals surface area (Å²) in [5.41, 5.74) is 1.38. The third-order valence-corrected chi connectivity index (χ3v) is 3.18. The van der Waals surface area contributed by atoms with Gasteiger partial charge >= 0.3 is 0 Å². The predicted molar refractivity (Wildman–Crippen MR) is 65.7 cm³/mol. The summed E-state index contributed by atoms with van der Waals surface area (Å²) >= 11 is 0. The molecule has 92 valence electrons. The van der Waals surface area contributed by atoms with Crippen molar-refractivity contribution in [1.29, 1.82) is 0 Å². The van der Waals surface area contributed by atoms with Crippen LogP contribution in [0, 0.1) is 0 Å².